The van der Waals surface area contributed by atoms with E-state index in [0.29, 0.717) is 17.9 Å². The third-order valence-corrected chi connectivity index (χ3v) is 4.25. The average Bonchev–Trinajstić information content (AvgIpc) is 2.98. The molecule has 1 heteroatoms. The van der Waals surface area contributed by atoms with Gasteiger partial charge in [0.1, 0.15) is 0 Å². The molecule has 88 valence electrons. The maximum atomic E-state index is 4.76. The van der Waals surface area contributed by atoms with Crippen LogP contribution in [0.3, 0.4) is 0 Å². The molecule has 1 heterocycles. The Hall–Kier alpha value is -1.89. The summed E-state index contributed by atoms with van der Waals surface area (Å²) in [6.45, 7) is 0. The lowest BCUT2D eigenvalue weighted by atomic mass is 9.86. The van der Waals surface area contributed by atoms with Crippen LogP contribution in [0.5, 0.6) is 0 Å². The molecule has 0 aromatic heterocycles. The highest BCUT2D eigenvalue weighted by Crippen LogP contribution is 2.49. The van der Waals surface area contributed by atoms with Gasteiger partial charge in [-0.15, -0.1) is 0 Å². The van der Waals surface area contributed by atoms with Gasteiger partial charge in [-0.1, -0.05) is 54.6 Å². The van der Waals surface area contributed by atoms with E-state index in [0.717, 1.165) is 6.42 Å². The molecule has 3 atom stereocenters. The zero-order valence-corrected chi connectivity index (χ0v) is 10.2. The molecular weight excluding hydrogens is 218 g/mol. The van der Waals surface area contributed by atoms with E-state index in [4.69, 9.17) is 4.99 Å². The minimum Gasteiger partial charge on any atom is -0.288 e. The van der Waals surface area contributed by atoms with E-state index in [2.05, 4.69) is 60.8 Å². The van der Waals surface area contributed by atoms with Crippen LogP contribution >= 0.6 is 0 Å². The minimum absolute atomic E-state index is 0.319. The number of benzene rings is 2. The van der Waals surface area contributed by atoms with Gasteiger partial charge in [0.05, 0.1) is 6.04 Å². The van der Waals surface area contributed by atoms with Crippen molar-refractivity contribution in [1.29, 1.82) is 0 Å². The van der Waals surface area contributed by atoms with E-state index in [1.54, 1.807) is 0 Å². The molecule has 1 nitrogen and oxygen atoms in total. The number of hydrogen-bond donors (Lipinski definition) is 0. The van der Waals surface area contributed by atoms with E-state index in [9.17, 15) is 0 Å². The third kappa shape index (κ3) is 1.37. The lowest BCUT2D eigenvalue weighted by molar-refractivity contribution is 0.538. The molecule has 0 spiro atoms. The van der Waals surface area contributed by atoms with Gasteiger partial charge >= 0.3 is 0 Å². The predicted molar refractivity (Wildman–Crippen MR) is 74.1 cm³/mol. The fraction of sp³-hybridized carbons (Fsp3) is 0.235. The number of nitrogens with zero attached hydrogens (tertiary/aromatic N) is 1. The van der Waals surface area contributed by atoms with Crippen LogP contribution in [0.2, 0.25) is 0 Å². The fourth-order valence-electron chi connectivity index (χ4n) is 3.45. The Morgan fingerprint density at radius 3 is 2.56 bits per heavy atom. The third-order valence-electron chi connectivity index (χ3n) is 4.25. The first kappa shape index (κ1) is 10.1. The van der Waals surface area contributed by atoms with Crippen LogP contribution < -0.4 is 0 Å². The van der Waals surface area contributed by atoms with Crippen molar-refractivity contribution in [3.63, 3.8) is 0 Å². The highest BCUT2D eigenvalue weighted by Gasteiger charge is 2.40. The van der Waals surface area contributed by atoms with Gasteiger partial charge in [-0.3, -0.25) is 4.99 Å². The van der Waals surface area contributed by atoms with Crippen LogP contribution in [-0.4, -0.2) is 6.21 Å². The maximum absolute atomic E-state index is 4.76. The molecule has 1 aliphatic heterocycles. The second kappa shape index (κ2) is 3.81. The van der Waals surface area contributed by atoms with Crippen molar-refractivity contribution in [2.24, 2.45) is 10.9 Å². The summed E-state index contributed by atoms with van der Waals surface area (Å²) in [5, 5.41) is 0. The Morgan fingerprint density at radius 2 is 1.67 bits per heavy atom. The summed E-state index contributed by atoms with van der Waals surface area (Å²) >= 11 is 0. The van der Waals surface area contributed by atoms with Crippen LogP contribution in [0.15, 0.2) is 59.6 Å². The topological polar surface area (TPSA) is 12.4 Å². The zero-order valence-electron chi connectivity index (χ0n) is 10.2. The second-order valence-electron chi connectivity index (χ2n) is 5.25. The summed E-state index contributed by atoms with van der Waals surface area (Å²) in [6.07, 6.45) is 3.34. The molecule has 0 unspecified atom stereocenters. The molecule has 0 amide bonds. The van der Waals surface area contributed by atoms with Gasteiger partial charge in [0.15, 0.2) is 0 Å². The SMILES string of the molecule is C1=N[C@H](c2ccccc2)[C@H]2c3ccccc3C[C@@H]12. The first-order valence-corrected chi connectivity index (χ1v) is 6.59. The van der Waals surface area contributed by atoms with Crippen molar-refractivity contribution in [2.45, 2.75) is 18.4 Å². The Bertz CT molecular complexity index is 600. The first-order valence-electron chi connectivity index (χ1n) is 6.59. The van der Waals surface area contributed by atoms with E-state index < -0.39 is 0 Å². The molecule has 2 aromatic carbocycles. The molecule has 0 radical (unpaired) electrons. The van der Waals surface area contributed by atoms with Crippen LogP contribution in [0.1, 0.15) is 28.7 Å². The van der Waals surface area contributed by atoms with Gasteiger partial charge in [-0.25, -0.2) is 0 Å². The van der Waals surface area contributed by atoms with Gasteiger partial charge in [0.2, 0.25) is 0 Å². The molecule has 0 saturated carbocycles. The number of aliphatic imine (C=N–C) groups is 1. The second-order valence-corrected chi connectivity index (χ2v) is 5.25. The summed E-state index contributed by atoms with van der Waals surface area (Å²) in [5.74, 6) is 1.16. The molecule has 0 fully saturated rings. The van der Waals surface area contributed by atoms with Crippen molar-refractivity contribution >= 4 is 6.21 Å². The lowest BCUT2D eigenvalue weighted by Gasteiger charge is -2.19. The summed E-state index contributed by atoms with van der Waals surface area (Å²) in [4.78, 5) is 4.76. The molecule has 0 N–H and O–H groups in total. The van der Waals surface area contributed by atoms with Crippen molar-refractivity contribution in [2.75, 3.05) is 0 Å². The fourth-order valence-corrected chi connectivity index (χ4v) is 3.45. The maximum Gasteiger partial charge on any atom is 0.0820 e. The Labute approximate surface area is 107 Å². The number of fused-ring (bicyclic) bond motifs is 3. The first-order chi connectivity index (χ1) is 8.93. The molecule has 0 saturated heterocycles. The summed E-state index contributed by atoms with van der Waals surface area (Å²) in [7, 11) is 0. The highest BCUT2D eigenvalue weighted by molar-refractivity contribution is 5.70. The van der Waals surface area contributed by atoms with Crippen molar-refractivity contribution in [1.82, 2.24) is 0 Å². The van der Waals surface area contributed by atoms with Crippen molar-refractivity contribution < 1.29 is 0 Å². The van der Waals surface area contributed by atoms with E-state index in [1.807, 2.05) is 0 Å². The largest absolute Gasteiger partial charge is 0.288 e. The zero-order chi connectivity index (χ0) is 11.9. The Balaban J connectivity index is 1.79. The molecule has 0 bridgehead atoms. The predicted octanol–water partition coefficient (Wildman–Crippen LogP) is 3.77. The van der Waals surface area contributed by atoms with Gasteiger partial charge in [0, 0.05) is 18.1 Å². The van der Waals surface area contributed by atoms with Gasteiger partial charge in [-0.2, -0.15) is 0 Å². The standard InChI is InChI=1S/C17H15N/c1-2-6-12(7-3-1)17-16-14(11-18-17)10-13-8-4-5-9-15(13)16/h1-9,11,14,16-17H,10H2/t14-,16+,17+/m0/s1. The molecule has 18 heavy (non-hydrogen) atoms. The molecular formula is C17H15N. The van der Waals surface area contributed by atoms with E-state index in [1.165, 1.54) is 16.7 Å². The quantitative estimate of drug-likeness (QED) is 0.711. The smallest absolute Gasteiger partial charge is 0.0820 e. The monoisotopic (exact) mass is 233 g/mol. The Kier molecular flexibility index (Phi) is 2.13. The van der Waals surface area contributed by atoms with Crippen molar-refractivity contribution in [3.05, 3.63) is 71.3 Å². The van der Waals surface area contributed by atoms with Crippen molar-refractivity contribution in [3.8, 4) is 0 Å². The van der Waals surface area contributed by atoms with Gasteiger partial charge in [-0.05, 0) is 23.1 Å². The van der Waals surface area contributed by atoms with Crippen LogP contribution in [0.4, 0.5) is 0 Å². The summed E-state index contributed by atoms with van der Waals surface area (Å²) < 4.78 is 0. The molecule has 2 aromatic rings. The number of hydrogen-bond acceptors (Lipinski definition) is 1. The van der Waals surface area contributed by atoms with E-state index >= 15 is 0 Å². The summed E-state index contributed by atoms with van der Waals surface area (Å²) in [5.41, 5.74) is 4.37. The minimum atomic E-state index is 0.319. The molecule has 2 aliphatic rings. The van der Waals surface area contributed by atoms with Gasteiger partial charge < -0.3 is 0 Å². The average molecular weight is 233 g/mol. The lowest BCUT2D eigenvalue weighted by Crippen LogP contribution is -2.09. The van der Waals surface area contributed by atoms with Crippen LogP contribution in [-0.2, 0) is 6.42 Å². The van der Waals surface area contributed by atoms with Crippen LogP contribution in [0.25, 0.3) is 0 Å². The van der Waals surface area contributed by atoms with Crippen LogP contribution in [0, 0.1) is 5.92 Å². The molecule has 4 rings (SSSR count). The van der Waals surface area contributed by atoms with Gasteiger partial charge in [0.25, 0.3) is 0 Å². The molecule has 1 aliphatic carbocycles. The highest BCUT2D eigenvalue weighted by atomic mass is 14.8. The Morgan fingerprint density at radius 1 is 0.889 bits per heavy atom. The normalized spacial score (nSPS) is 28.1. The summed E-state index contributed by atoms with van der Waals surface area (Å²) in [6, 6.07) is 19.9. The van der Waals surface area contributed by atoms with E-state index in [-0.39, 0.29) is 0 Å². The number of rotatable bonds is 1.